The number of carboxylic acid groups (broad SMARTS) is 1. The molecular weight excluding hydrogens is 320 g/mol. The summed E-state index contributed by atoms with van der Waals surface area (Å²) in [6, 6.07) is 7.31. The van der Waals surface area contributed by atoms with E-state index in [9.17, 15) is 9.59 Å². The maximum absolute atomic E-state index is 13.0. The van der Waals surface area contributed by atoms with Crippen molar-refractivity contribution in [2.75, 3.05) is 13.1 Å². The van der Waals surface area contributed by atoms with Crippen LogP contribution in [-0.2, 0) is 17.8 Å². The van der Waals surface area contributed by atoms with Crippen LogP contribution in [0.2, 0.25) is 0 Å². The first kappa shape index (κ1) is 17.1. The summed E-state index contributed by atoms with van der Waals surface area (Å²) in [6.45, 7) is 2.18. The van der Waals surface area contributed by atoms with Crippen LogP contribution in [0.1, 0.15) is 35.2 Å². The van der Waals surface area contributed by atoms with Crippen LogP contribution in [0.5, 0.6) is 0 Å². The standard InChI is InChI=1S/C18H22N4O3/c23-17(24)8-7-15-5-1-2-6-16(15)18(25)21-10-3-4-14(12-21)13-22-11-9-19-20-22/h1-2,5-6,9,11,14H,3-4,7-8,10,12-13H2,(H,23,24). The van der Waals surface area contributed by atoms with Gasteiger partial charge in [0.1, 0.15) is 0 Å². The normalized spacial score (nSPS) is 17.4. The molecule has 7 nitrogen and oxygen atoms in total. The third-order valence-corrected chi connectivity index (χ3v) is 4.58. The lowest BCUT2D eigenvalue weighted by Crippen LogP contribution is -2.41. The lowest BCUT2D eigenvalue weighted by atomic mass is 9.96. The molecule has 1 aromatic carbocycles. The van der Waals surface area contributed by atoms with Gasteiger partial charge in [0.15, 0.2) is 0 Å². The van der Waals surface area contributed by atoms with Crippen molar-refractivity contribution < 1.29 is 14.7 Å². The molecule has 1 N–H and O–H groups in total. The van der Waals surface area contributed by atoms with E-state index in [-0.39, 0.29) is 12.3 Å². The van der Waals surface area contributed by atoms with Crippen LogP contribution in [0.3, 0.4) is 0 Å². The Balaban J connectivity index is 1.68. The van der Waals surface area contributed by atoms with E-state index in [4.69, 9.17) is 5.11 Å². The van der Waals surface area contributed by atoms with E-state index in [1.165, 1.54) is 0 Å². The van der Waals surface area contributed by atoms with Crippen molar-refractivity contribution >= 4 is 11.9 Å². The molecule has 1 aromatic heterocycles. The molecule has 1 saturated heterocycles. The van der Waals surface area contributed by atoms with Gasteiger partial charge in [0, 0.05) is 37.8 Å². The number of carbonyl (C=O) groups excluding carboxylic acids is 1. The highest BCUT2D eigenvalue weighted by molar-refractivity contribution is 5.95. The molecule has 25 heavy (non-hydrogen) atoms. The van der Waals surface area contributed by atoms with E-state index in [0.29, 0.717) is 24.4 Å². The fraction of sp³-hybridized carbons (Fsp3) is 0.444. The quantitative estimate of drug-likeness (QED) is 0.865. The van der Waals surface area contributed by atoms with Crippen LogP contribution in [0.25, 0.3) is 0 Å². The minimum absolute atomic E-state index is 0.00993. The fourth-order valence-electron chi connectivity index (χ4n) is 3.35. The van der Waals surface area contributed by atoms with Crippen LogP contribution >= 0.6 is 0 Å². The number of carbonyl (C=O) groups is 2. The highest BCUT2D eigenvalue weighted by Crippen LogP contribution is 2.21. The van der Waals surface area contributed by atoms with Crippen LogP contribution in [0.15, 0.2) is 36.7 Å². The van der Waals surface area contributed by atoms with Crippen molar-refractivity contribution in [3.05, 3.63) is 47.8 Å². The van der Waals surface area contributed by atoms with Gasteiger partial charge in [-0.1, -0.05) is 23.4 Å². The second kappa shape index (κ2) is 7.92. The molecule has 3 rings (SSSR count). The summed E-state index contributed by atoms with van der Waals surface area (Å²) in [7, 11) is 0. The zero-order valence-corrected chi connectivity index (χ0v) is 14.0. The number of hydrogen-bond acceptors (Lipinski definition) is 4. The van der Waals surface area contributed by atoms with E-state index < -0.39 is 5.97 Å². The molecule has 1 atom stereocenters. The summed E-state index contributed by atoms with van der Waals surface area (Å²) in [5, 5.41) is 16.7. The SMILES string of the molecule is O=C(O)CCc1ccccc1C(=O)N1CCCC(Cn2ccnn2)C1. The number of rotatable bonds is 6. The number of hydrogen-bond donors (Lipinski definition) is 1. The Morgan fingerprint density at radius 3 is 2.88 bits per heavy atom. The van der Waals surface area contributed by atoms with Crippen molar-refractivity contribution in [1.29, 1.82) is 0 Å². The molecule has 7 heteroatoms. The van der Waals surface area contributed by atoms with E-state index >= 15 is 0 Å². The maximum Gasteiger partial charge on any atom is 0.303 e. The summed E-state index contributed by atoms with van der Waals surface area (Å²) < 4.78 is 1.81. The zero-order chi connectivity index (χ0) is 17.6. The van der Waals surface area contributed by atoms with Gasteiger partial charge in [-0.3, -0.25) is 14.3 Å². The number of piperidine rings is 1. The second-order valence-electron chi connectivity index (χ2n) is 6.44. The van der Waals surface area contributed by atoms with Gasteiger partial charge in [-0.2, -0.15) is 0 Å². The van der Waals surface area contributed by atoms with Crippen molar-refractivity contribution in [3.63, 3.8) is 0 Å². The summed E-state index contributed by atoms with van der Waals surface area (Å²) in [5.74, 6) is -0.511. The molecular formula is C18H22N4O3. The van der Waals surface area contributed by atoms with Gasteiger partial charge in [-0.15, -0.1) is 5.10 Å². The molecule has 132 valence electrons. The first-order chi connectivity index (χ1) is 12.1. The third-order valence-electron chi connectivity index (χ3n) is 4.58. The van der Waals surface area contributed by atoms with Crippen molar-refractivity contribution in [1.82, 2.24) is 19.9 Å². The Bertz CT molecular complexity index is 730. The van der Waals surface area contributed by atoms with Crippen LogP contribution < -0.4 is 0 Å². The molecule has 0 aliphatic carbocycles. The molecule has 2 heterocycles. The Kier molecular flexibility index (Phi) is 5.42. The molecule has 1 unspecified atom stereocenters. The van der Waals surface area contributed by atoms with Gasteiger partial charge in [-0.25, -0.2) is 0 Å². The number of nitrogens with zero attached hydrogens (tertiary/aromatic N) is 4. The molecule has 1 amide bonds. The molecule has 0 radical (unpaired) electrons. The molecule has 1 aliphatic heterocycles. The van der Waals surface area contributed by atoms with Crippen molar-refractivity contribution in [3.8, 4) is 0 Å². The van der Waals surface area contributed by atoms with Crippen LogP contribution in [0, 0.1) is 5.92 Å². The van der Waals surface area contributed by atoms with Gasteiger partial charge in [0.25, 0.3) is 5.91 Å². The summed E-state index contributed by atoms with van der Waals surface area (Å²) in [6.07, 6.45) is 5.91. The highest BCUT2D eigenvalue weighted by atomic mass is 16.4. The monoisotopic (exact) mass is 342 g/mol. The predicted octanol–water partition coefficient (Wildman–Crippen LogP) is 1.85. The summed E-state index contributed by atoms with van der Waals surface area (Å²) in [4.78, 5) is 25.7. The molecule has 1 aliphatic rings. The Morgan fingerprint density at radius 2 is 2.12 bits per heavy atom. The number of carboxylic acids is 1. The van der Waals surface area contributed by atoms with Gasteiger partial charge in [-0.05, 0) is 36.8 Å². The van der Waals surface area contributed by atoms with Gasteiger partial charge >= 0.3 is 5.97 Å². The van der Waals surface area contributed by atoms with Crippen molar-refractivity contribution in [2.24, 2.45) is 5.92 Å². The van der Waals surface area contributed by atoms with Gasteiger partial charge in [0.2, 0.25) is 0 Å². The molecule has 0 saturated carbocycles. The number of likely N-dealkylation sites (tertiary alicyclic amines) is 1. The van der Waals surface area contributed by atoms with Crippen LogP contribution in [0.4, 0.5) is 0 Å². The summed E-state index contributed by atoms with van der Waals surface area (Å²) in [5.41, 5.74) is 1.42. The molecule has 1 fully saturated rings. The Labute approximate surface area is 146 Å². The van der Waals surface area contributed by atoms with Gasteiger partial charge in [0.05, 0.1) is 6.20 Å². The average molecular weight is 342 g/mol. The van der Waals surface area contributed by atoms with Gasteiger partial charge < -0.3 is 10.0 Å². The molecule has 2 aromatic rings. The highest BCUT2D eigenvalue weighted by Gasteiger charge is 2.26. The number of benzene rings is 1. The first-order valence-electron chi connectivity index (χ1n) is 8.56. The maximum atomic E-state index is 13.0. The number of amides is 1. The van der Waals surface area contributed by atoms with Crippen LogP contribution in [-0.4, -0.2) is 50.0 Å². The second-order valence-corrected chi connectivity index (χ2v) is 6.44. The lowest BCUT2D eigenvalue weighted by molar-refractivity contribution is -0.136. The van der Waals surface area contributed by atoms with E-state index in [1.807, 2.05) is 29.3 Å². The van der Waals surface area contributed by atoms with E-state index in [0.717, 1.165) is 31.5 Å². The Hall–Kier alpha value is -2.70. The fourth-order valence-corrected chi connectivity index (χ4v) is 3.35. The molecule has 0 bridgehead atoms. The number of aryl methyl sites for hydroxylation is 1. The Morgan fingerprint density at radius 1 is 1.28 bits per heavy atom. The lowest BCUT2D eigenvalue weighted by Gasteiger charge is -2.33. The first-order valence-corrected chi connectivity index (χ1v) is 8.56. The van der Waals surface area contributed by atoms with E-state index in [2.05, 4.69) is 10.3 Å². The average Bonchev–Trinajstić information content (AvgIpc) is 3.13. The topological polar surface area (TPSA) is 88.3 Å². The summed E-state index contributed by atoms with van der Waals surface area (Å²) >= 11 is 0. The number of aliphatic carboxylic acids is 1. The predicted molar refractivity (Wildman–Crippen MR) is 91.0 cm³/mol. The minimum Gasteiger partial charge on any atom is -0.481 e. The third kappa shape index (κ3) is 4.43. The smallest absolute Gasteiger partial charge is 0.303 e. The molecule has 0 spiro atoms. The zero-order valence-electron chi connectivity index (χ0n) is 14.0. The van der Waals surface area contributed by atoms with E-state index in [1.54, 1.807) is 16.9 Å². The number of aromatic nitrogens is 3. The van der Waals surface area contributed by atoms with Crippen molar-refractivity contribution in [2.45, 2.75) is 32.2 Å². The minimum atomic E-state index is -0.854. The largest absolute Gasteiger partial charge is 0.481 e.